The van der Waals surface area contributed by atoms with E-state index in [1.807, 2.05) is 26.0 Å². The van der Waals surface area contributed by atoms with E-state index < -0.39 is 12.0 Å². The second kappa shape index (κ2) is 7.97. The normalized spacial score (nSPS) is 11.7. The lowest BCUT2D eigenvalue weighted by molar-refractivity contribution is -0.141. The molecule has 1 unspecified atom stereocenters. The molecule has 0 bridgehead atoms. The van der Waals surface area contributed by atoms with Gasteiger partial charge < -0.3 is 10.1 Å². The van der Waals surface area contributed by atoms with Gasteiger partial charge in [-0.2, -0.15) is 0 Å². The van der Waals surface area contributed by atoms with Crippen molar-refractivity contribution in [3.05, 3.63) is 69.7 Å². The Morgan fingerprint density at radius 1 is 1.12 bits per heavy atom. The Kier molecular flexibility index (Phi) is 5.99. The molecular weight excluding hydrogens is 326 g/mol. The van der Waals surface area contributed by atoms with Crippen molar-refractivity contribution >= 4 is 23.5 Å². The minimum Gasteiger partial charge on any atom is -0.469 e. The fourth-order valence-corrected chi connectivity index (χ4v) is 2.56. The number of carbonyl (C=O) groups is 2. The Bertz CT molecular complexity index is 741. The molecule has 0 aliphatic carbocycles. The Morgan fingerprint density at radius 3 is 2.42 bits per heavy atom. The zero-order valence-corrected chi connectivity index (χ0v) is 14.7. The van der Waals surface area contributed by atoms with Crippen LogP contribution in [0.4, 0.5) is 0 Å². The Hall–Kier alpha value is -2.33. The van der Waals surface area contributed by atoms with Gasteiger partial charge in [-0.1, -0.05) is 35.9 Å². The van der Waals surface area contributed by atoms with Gasteiger partial charge in [-0.3, -0.25) is 9.59 Å². The highest BCUT2D eigenvalue weighted by atomic mass is 35.5. The molecule has 0 saturated carbocycles. The van der Waals surface area contributed by atoms with E-state index >= 15 is 0 Å². The number of nitrogens with one attached hydrogen (secondary N) is 1. The number of carbonyl (C=O) groups excluding carboxylic acids is 2. The number of benzene rings is 2. The number of aryl methyl sites for hydroxylation is 1. The summed E-state index contributed by atoms with van der Waals surface area (Å²) < 4.78 is 4.74. The monoisotopic (exact) mass is 345 g/mol. The molecule has 1 amide bonds. The molecule has 0 aliphatic rings. The van der Waals surface area contributed by atoms with Crippen molar-refractivity contribution in [2.75, 3.05) is 7.11 Å². The third-order valence-electron chi connectivity index (χ3n) is 4.03. The Morgan fingerprint density at radius 2 is 1.79 bits per heavy atom. The predicted molar refractivity (Wildman–Crippen MR) is 94.2 cm³/mol. The lowest BCUT2D eigenvalue weighted by atomic mass is 10.0. The Labute approximate surface area is 146 Å². The molecule has 0 aliphatic heterocycles. The first-order chi connectivity index (χ1) is 11.4. The van der Waals surface area contributed by atoms with Crippen LogP contribution in [-0.4, -0.2) is 19.0 Å². The van der Waals surface area contributed by atoms with Gasteiger partial charge in [0.1, 0.15) is 0 Å². The van der Waals surface area contributed by atoms with Crippen molar-refractivity contribution in [2.45, 2.75) is 26.3 Å². The quantitative estimate of drug-likeness (QED) is 0.833. The molecule has 2 aromatic rings. The third-order valence-corrected chi connectivity index (χ3v) is 4.28. The molecule has 5 heteroatoms. The molecule has 2 aromatic carbocycles. The zero-order valence-electron chi connectivity index (χ0n) is 13.9. The number of hydrogen-bond acceptors (Lipinski definition) is 3. The molecule has 2 rings (SSSR count). The highest BCUT2D eigenvalue weighted by Crippen LogP contribution is 2.21. The SMILES string of the molecule is COC(=O)CC(NC(=O)c1cccc(C)c1C)c1ccc(Cl)cc1. The van der Waals surface area contributed by atoms with Crippen LogP contribution in [0.2, 0.25) is 5.02 Å². The number of hydrogen-bond donors (Lipinski definition) is 1. The molecule has 0 saturated heterocycles. The van der Waals surface area contributed by atoms with Gasteiger partial charge in [0.25, 0.3) is 5.91 Å². The maximum atomic E-state index is 12.6. The summed E-state index contributed by atoms with van der Waals surface area (Å²) in [6.45, 7) is 3.86. The van der Waals surface area contributed by atoms with E-state index in [0.717, 1.165) is 16.7 Å². The number of ether oxygens (including phenoxy) is 1. The van der Waals surface area contributed by atoms with E-state index in [9.17, 15) is 9.59 Å². The summed E-state index contributed by atoms with van der Waals surface area (Å²) in [5, 5.41) is 3.51. The fraction of sp³-hybridized carbons (Fsp3) is 0.263. The second-order valence-electron chi connectivity index (χ2n) is 5.61. The molecule has 1 atom stereocenters. The van der Waals surface area contributed by atoms with Gasteiger partial charge in [-0.15, -0.1) is 0 Å². The second-order valence-corrected chi connectivity index (χ2v) is 6.04. The topological polar surface area (TPSA) is 55.4 Å². The van der Waals surface area contributed by atoms with Crippen molar-refractivity contribution in [3.63, 3.8) is 0 Å². The van der Waals surface area contributed by atoms with Crippen molar-refractivity contribution in [2.24, 2.45) is 0 Å². The lowest BCUT2D eigenvalue weighted by Gasteiger charge is -2.19. The molecule has 24 heavy (non-hydrogen) atoms. The van der Waals surface area contributed by atoms with Crippen LogP contribution in [0.15, 0.2) is 42.5 Å². The summed E-state index contributed by atoms with van der Waals surface area (Å²) in [5.74, 6) is -0.615. The van der Waals surface area contributed by atoms with Crippen molar-refractivity contribution < 1.29 is 14.3 Å². The molecule has 1 N–H and O–H groups in total. The smallest absolute Gasteiger partial charge is 0.307 e. The molecule has 0 fully saturated rings. The molecule has 0 spiro atoms. The minimum atomic E-state index is -0.484. The number of amides is 1. The van der Waals surface area contributed by atoms with Gasteiger partial charge in [-0.25, -0.2) is 0 Å². The first-order valence-electron chi connectivity index (χ1n) is 7.61. The van der Waals surface area contributed by atoms with Crippen LogP contribution in [0.25, 0.3) is 0 Å². The number of halogens is 1. The third kappa shape index (κ3) is 4.36. The van der Waals surface area contributed by atoms with Crippen molar-refractivity contribution in [3.8, 4) is 0 Å². The average Bonchev–Trinajstić information content (AvgIpc) is 2.57. The minimum absolute atomic E-state index is 0.0503. The summed E-state index contributed by atoms with van der Waals surface area (Å²) in [4.78, 5) is 24.4. The first kappa shape index (κ1) is 18.0. The highest BCUT2D eigenvalue weighted by Gasteiger charge is 2.20. The van der Waals surface area contributed by atoms with Crippen LogP contribution in [0, 0.1) is 13.8 Å². The highest BCUT2D eigenvalue weighted by molar-refractivity contribution is 6.30. The zero-order chi connectivity index (χ0) is 17.7. The van der Waals surface area contributed by atoms with Gasteiger partial charge in [-0.05, 0) is 48.7 Å². The molecule has 0 aromatic heterocycles. The molecular formula is C19H20ClNO3. The summed E-state index contributed by atoms with van der Waals surface area (Å²) in [5.41, 5.74) is 3.35. The van der Waals surface area contributed by atoms with Crippen molar-refractivity contribution in [1.82, 2.24) is 5.32 Å². The van der Waals surface area contributed by atoms with Gasteiger partial charge in [0, 0.05) is 10.6 Å². The maximum Gasteiger partial charge on any atom is 0.307 e. The summed E-state index contributed by atoms with van der Waals surface area (Å²) in [6, 6.07) is 12.1. The fourth-order valence-electron chi connectivity index (χ4n) is 2.43. The van der Waals surface area contributed by atoms with Crippen LogP contribution >= 0.6 is 11.6 Å². The molecule has 0 heterocycles. The van der Waals surface area contributed by atoms with Gasteiger partial charge in [0.05, 0.1) is 19.6 Å². The number of rotatable bonds is 5. The summed E-state index contributed by atoms with van der Waals surface area (Å²) in [6.07, 6.45) is 0.0503. The predicted octanol–water partition coefficient (Wildman–Crippen LogP) is 3.99. The van der Waals surface area contributed by atoms with Crippen LogP contribution in [-0.2, 0) is 9.53 Å². The molecule has 4 nitrogen and oxygen atoms in total. The Balaban J connectivity index is 2.27. The number of methoxy groups -OCH3 is 1. The lowest BCUT2D eigenvalue weighted by Crippen LogP contribution is -2.31. The number of esters is 1. The van der Waals surface area contributed by atoms with Crippen LogP contribution in [0.3, 0.4) is 0 Å². The summed E-state index contributed by atoms with van der Waals surface area (Å²) in [7, 11) is 1.33. The van der Waals surface area contributed by atoms with E-state index in [1.165, 1.54) is 7.11 Å². The molecule has 0 radical (unpaired) electrons. The van der Waals surface area contributed by atoms with Gasteiger partial charge in [0.2, 0.25) is 0 Å². The standard InChI is InChI=1S/C19H20ClNO3/c1-12-5-4-6-16(13(12)2)19(23)21-17(11-18(22)24-3)14-7-9-15(20)10-8-14/h4-10,17H,11H2,1-3H3,(H,21,23). The van der Waals surface area contributed by atoms with Gasteiger partial charge >= 0.3 is 5.97 Å². The van der Waals surface area contributed by atoms with Crippen LogP contribution in [0.5, 0.6) is 0 Å². The maximum absolute atomic E-state index is 12.6. The van der Waals surface area contributed by atoms with E-state index in [0.29, 0.717) is 10.6 Å². The van der Waals surface area contributed by atoms with Crippen molar-refractivity contribution in [1.29, 1.82) is 0 Å². The molecule has 126 valence electrons. The van der Waals surface area contributed by atoms with E-state index in [4.69, 9.17) is 16.3 Å². The first-order valence-corrected chi connectivity index (χ1v) is 7.99. The van der Waals surface area contributed by atoms with Crippen LogP contribution < -0.4 is 5.32 Å². The summed E-state index contributed by atoms with van der Waals surface area (Å²) >= 11 is 5.91. The average molecular weight is 346 g/mol. The van der Waals surface area contributed by atoms with E-state index in [1.54, 1.807) is 30.3 Å². The van der Waals surface area contributed by atoms with E-state index in [2.05, 4.69) is 5.32 Å². The van der Waals surface area contributed by atoms with Crippen LogP contribution in [0.1, 0.15) is 39.5 Å². The van der Waals surface area contributed by atoms with E-state index in [-0.39, 0.29) is 12.3 Å². The van der Waals surface area contributed by atoms with Gasteiger partial charge in [0.15, 0.2) is 0 Å². The largest absolute Gasteiger partial charge is 0.469 e.